The summed E-state index contributed by atoms with van der Waals surface area (Å²) in [6, 6.07) is 5.18. The maximum absolute atomic E-state index is 13.5. The zero-order valence-corrected chi connectivity index (χ0v) is 20.0. The lowest BCUT2D eigenvalue weighted by molar-refractivity contribution is -0.126. The Morgan fingerprint density at radius 1 is 1.30 bits per heavy atom. The number of furan rings is 1. The third-order valence-corrected chi connectivity index (χ3v) is 9.55. The number of aromatic nitrogens is 2. The summed E-state index contributed by atoms with van der Waals surface area (Å²) in [6.45, 7) is 2.62. The smallest absolute Gasteiger partial charge is 0.244 e. The highest BCUT2D eigenvalue weighted by atomic mass is 32.2. The molecule has 4 heterocycles. The molecule has 1 N–H and O–H groups in total. The number of amides is 1. The molecule has 1 aliphatic heterocycles. The number of rotatable bonds is 7. The van der Waals surface area contributed by atoms with Crippen LogP contribution >= 0.6 is 11.3 Å². The molecule has 2 aliphatic rings. The van der Waals surface area contributed by atoms with Crippen molar-refractivity contribution in [3.8, 4) is 10.7 Å². The van der Waals surface area contributed by atoms with Crippen LogP contribution in [0, 0.1) is 12.8 Å². The molecule has 11 heteroatoms. The van der Waals surface area contributed by atoms with Gasteiger partial charge in [0.25, 0.3) is 0 Å². The largest absolute Gasteiger partial charge is 0.467 e. The van der Waals surface area contributed by atoms with Gasteiger partial charge < -0.3 is 14.3 Å². The van der Waals surface area contributed by atoms with E-state index in [0.29, 0.717) is 52.5 Å². The normalized spacial score (nSPS) is 20.0. The highest BCUT2D eigenvalue weighted by Crippen LogP contribution is 2.38. The van der Waals surface area contributed by atoms with Gasteiger partial charge in [0.05, 0.1) is 28.5 Å². The molecule has 176 valence electrons. The number of nitrogens with one attached hydrogen (secondary N) is 1. The lowest BCUT2D eigenvalue weighted by Gasteiger charge is -2.31. The fraction of sp³-hybridized carbons (Fsp3) is 0.500. The van der Waals surface area contributed by atoms with Crippen molar-refractivity contribution in [3.05, 3.63) is 41.0 Å². The van der Waals surface area contributed by atoms with Gasteiger partial charge in [-0.25, -0.2) is 8.42 Å². The third-order valence-electron chi connectivity index (χ3n) is 6.38. The minimum atomic E-state index is -3.75. The summed E-state index contributed by atoms with van der Waals surface area (Å²) >= 11 is 1.34. The average molecular weight is 491 g/mol. The number of piperidine rings is 1. The topological polar surface area (TPSA) is 119 Å². The van der Waals surface area contributed by atoms with Gasteiger partial charge in [0.1, 0.15) is 5.76 Å². The van der Waals surface area contributed by atoms with Gasteiger partial charge >= 0.3 is 0 Å². The highest BCUT2D eigenvalue weighted by molar-refractivity contribution is 7.89. The molecule has 0 bridgehead atoms. The van der Waals surface area contributed by atoms with Gasteiger partial charge in [-0.2, -0.15) is 9.29 Å². The predicted molar refractivity (Wildman–Crippen MR) is 121 cm³/mol. The minimum absolute atomic E-state index is 0.158. The van der Waals surface area contributed by atoms with Gasteiger partial charge in [0.2, 0.25) is 27.6 Å². The van der Waals surface area contributed by atoms with Crippen LogP contribution < -0.4 is 5.32 Å². The first kappa shape index (κ1) is 22.3. The number of sulfonamides is 1. The Kier molecular flexibility index (Phi) is 6.11. The standard InChI is InChI=1S/C22H26N4O5S2/c1-14-19(11-18(32-14)20-24-22(31-25-20)15-5-2-6-15)33(28,29)26-9-3-7-16(13-26)21(27)23-12-17-8-4-10-30-17/h4,8,10-11,15-16H,2-3,5-7,9,12-13H2,1H3,(H,23,27). The number of hydrogen-bond acceptors (Lipinski definition) is 8. The minimum Gasteiger partial charge on any atom is -0.467 e. The molecule has 9 nitrogen and oxygen atoms in total. The second-order valence-corrected chi connectivity index (χ2v) is 11.8. The second kappa shape index (κ2) is 9.03. The molecule has 1 saturated carbocycles. The van der Waals surface area contributed by atoms with E-state index in [9.17, 15) is 13.2 Å². The van der Waals surface area contributed by atoms with E-state index in [1.807, 2.05) is 0 Å². The van der Waals surface area contributed by atoms with E-state index in [4.69, 9.17) is 8.94 Å². The van der Waals surface area contributed by atoms with Crippen molar-refractivity contribution in [1.82, 2.24) is 19.8 Å². The summed E-state index contributed by atoms with van der Waals surface area (Å²) in [6.07, 6.45) is 6.10. The van der Waals surface area contributed by atoms with Gasteiger partial charge in [0.15, 0.2) is 0 Å². The van der Waals surface area contributed by atoms with Crippen LogP contribution in [-0.4, -0.2) is 41.9 Å². The van der Waals surface area contributed by atoms with Crippen LogP contribution in [0.15, 0.2) is 38.3 Å². The summed E-state index contributed by atoms with van der Waals surface area (Å²) in [5, 5.41) is 6.92. The summed E-state index contributed by atoms with van der Waals surface area (Å²) in [5.41, 5.74) is 0. The molecule has 3 aromatic rings. The Hall–Kier alpha value is -2.50. The van der Waals surface area contributed by atoms with Crippen LogP contribution in [0.5, 0.6) is 0 Å². The Balaban J connectivity index is 1.29. The molecule has 3 aromatic heterocycles. The van der Waals surface area contributed by atoms with E-state index in [1.54, 1.807) is 31.4 Å². The Morgan fingerprint density at radius 3 is 2.88 bits per heavy atom. The van der Waals surface area contributed by atoms with Crippen molar-refractivity contribution in [2.24, 2.45) is 5.92 Å². The number of nitrogens with zero attached hydrogens (tertiary/aromatic N) is 3. The van der Waals surface area contributed by atoms with Crippen LogP contribution in [0.2, 0.25) is 0 Å². The zero-order chi connectivity index (χ0) is 23.0. The van der Waals surface area contributed by atoms with E-state index in [1.165, 1.54) is 22.1 Å². The first-order valence-corrected chi connectivity index (χ1v) is 13.4. The van der Waals surface area contributed by atoms with E-state index < -0.39 is 15.9 Å². The van der Waals surface area contributed by atoms with Gasteiger partial charge in [-0.1, -0.05) is 11.6 Å². The lowest BCUT2D eigenvalue weighted by atomic mass is 9.85. The Labute approximate surface area is 196 Å². The number of carbonyl (C=O) groups is 1. The van der Waals surface area contributed by atoms with E-state index in [2.05, 4.69) is 15.5 Å². The van der Waals surface area contributed by atoms with Gasteiger partial charge in [-0.05, 0) is 50.8 Å². The summed E-state index contributed by atoms with van der Waals surface area (Å²) < 4.78 is 39.0. The molecule has 0 radical (unpaired) electrons. The van der Waals surface area contributed by atoms with E-state index >= 15 is 0 Å². The van der Waals surface area contributed by atoms with E-state index in [0.717, 1.165) is 12.8 Å². The molecular weight excluding hydrogens is 464 g/mol. The number of hydrogen-bond donors (Lipinski definition) is 1. The third kappa shape index (κ3) is 4.49. The van der Waals surface area contributed by atoms with Crippen molar-refractivity contribution >= 4 is 27.3 Å². The Morgan fingerprint density at radius 2 is 2.15 bits per heavy atom. The molecule has 1 aliphatic carbocycles. The quantitative estimate of drug-likeness (QED) is 0.536. The summed E-state index contributed by atoms with van der Waals surface area (Å²) in [5.74, 6) is 1.48. The van der Waals surface area contributed by atoms with Crippen LogP contribution in [0.25, 0.3) is 10.7 Å². The maximum Gasteiger partial charge on any atom is 0.244 e. The molecule has 1 saturated heterocycles. The van der Waals surface area contributed by atoms with Gasteiger partial charge in [-0.3, -0.25) is 4.79 Å². The monoisotopic (exact) mass is 490 g/mol. The molecule has 0 aromatic carbocycles. The molecule has 0 spiro atoms. The van der Waals surface area contributed by atoms with Crippen molar-refractivity contribution < 1.29 is 22.2 Å². The van der Waals surface area contributed by atoms with Crippen molar-refractivity contribution in [1.29, 1.82) is 0 Å². The van der Waals surface area contributed by atoms with Crippen LogP contribution in [0.1, 0.15) is 54.6 Å². The summed E-state index contributed by atoms with van der Waals surface area (Å²) in [7, 11) is -3.75. The molecule has 5 rings (SSSR count). The number of thiophene rings is 1. The number of aryl methyl sites for hydroxylation is 1. The van der Waals surface area contributed by atoms with Crippen molar-refractivity contribution in [2.45, 2.75) is 56.4 Å². The van der Waals surface area contributed by atoms with Gasteiger partial charge in [-0.15, -0.1) is 11.3 Å². The first-order chi connectivity index (χ1) is 15.9. The lowest BCUT2D eigenvalue weighted by Crippen LogP contribution is -2.45. The molecule has 2 fully saturated rings. The SMILES string of the molecule is Cc1sc(-c2noc(C3CCC3)n2)cc1S(=O)(=O)N1CCCC(C(=O)NCc2ccco2)C1. The maximum atomic E-state index is 13.5. The average Bonchev–Trinajstić information content (AvgIpc) is 3.52. The molecule has 33 heavy (non-hydrogen) atoms. The molecule has 1 amide bonds. The molecule has 1 unspecified atom stereocenters. The molecule has 1 atom stereocenters. The van der Waals surface area contributed by atoms with E-state index in [-0.39, 0.29) is 23.9 Å². The highest BCUT2D eigenvalue weighted by Gasteiger charge is 2.35. The number of carbonyl (C=O) groups excluding carboxylic acids is 1. The second-order valence-electron chi connectivity index (χ2n) is 8.61. The fourth-order valence-electron chi connectivity index (χ4n) is 4.23. The van der Waals surface area contributed by atoms with Crippen molar-refractivity contribution in [2.75, 3.05) is 13.1 Å². The zero-order valence-electron chi connectivity index (χ0n) is 18.3. The van der Waals surface area contributed by atoms with Crippen LogP contribution in [0.4, 0.5) is 0 Å². The first-order valence-electron chi connectivity index (χ1n) is 11.2. The Bertz CT molecular complexity index is 1230. The van der Waals surface area contributed by atoms with Crippen molar-refractivity contribution in [3.63, 3.8) is 0 Å². The summed E-state index contributed by atoms with van der Waals surface area (Å²) in [4.78, 5) is 18.7. The fourth-order valence-corrected chi connectivity index (χ4v) is 7.24. The van der Waals surface area contributed by atoms with Crippen LogP contribution in [-0.2, 0) is 21.4 Å². The predicted octanol–water partition coefficient (Wildman–Crippen LogP) is 3.68. The van der Waals surface area contributed by atoms with Crippen LogP contribution in [0.3, 0.4) is 0 Å². The molecular formula is C22H26N4O5S2. The van der Waals surface area contributed by atoms with Gasteiger partial charge in [0, 0.05) is 23.9 Å².